The topological polar surface area (TPSA) is 101 Å². The van der Waals surface area contributed by atoms with Crippen LogP contribution in [0.1, 0.15) is 46.9 Å². The number of alkyl halides is 3. The molecule has 0 spiro atoms. The minimum absolute atomic E-state index is 0.0117. The van der Waals surface area contributed by atoms with Gasteiger partial charge in [0.1, 0.15) is 18.5 Å². The number of nitrogens with zero attached hydrogens (tertiary/aromatic N) is 6. The van der Waals surface area contributed by atoms with Crippen molar-refractivity contribution in [3.8, 4) is 6.01 Å². The second kappa shape index (κ2) is 12.8. The fourth-order valence-electron chi connectivity index (χ4n) is 6.36. The lowest BCUT2D eigenvalue weighted by atomic mass is 9.91. The number of ether oxygens (including phenoxy) is 2. The van der Waals surface area contributed by atoms with Gasteiger partial charge in [0.15, 0.2) is 11.6 Å². The molecule has 3 unspecified atom stereocenters. The molecule has 1 amide bonds. The fraction of sp³-hybridized carbons (Fsp3) is 0.533. The van der Waals surface area contributed by atoms with E-state index < -0.39 is 52.7 Å². The number of carbonyl (C=O) groups excluding carboxylic acids is 1. The molecular weight excluding hydrogens is 601 g/mol. The lowest BCUT2D eigenvalue weighted by Gasteiger charge is -2.40. The largest absolute Gasteiger partial charge is 0.462 e. The normalized spacial score (nSPS) is 22.2. The molecule has 3 aliphatic rings. The first-order chi connectivity index (χ1) is 21.3. The van der Waals surface area contributed by atoms with Crippen molar-refractivity contribution in [1.29, 1.82) is 0 Å². The number of carbonyl (C=O) groups is 1. The second-order valence-electron chi connectivity index (χ2n) is 11.6. The zero-order valence-corrected chi connectivity index (χ0v) is 25.0. The van der Waals surface area contributed by atoms with Crippen LogP contribution in [0.4, 0.5) is 33.5 Å². The first kappa shape index (κ1) is 32.4. The van der Waals surface area contributed by atoms with Crippen LogP contribution in [0.5, 0.6) is 6.01 Å². The van der Waals surface area contributed by atoms with Crippen LogP contribution >= 0.6 is 0 Å². The summed E-state index contributed by atoms with van der Waals surface area (Å²) in [6, 6.07) is 0.373. The Morgan fingerprint density at radius 3 is 2.67 bits per heavy atom. The van der Waals surface area contributed by atoms with Gasteiger partial charge in [-0.05, 0) is 45.0 Å². The van der Waals surface area contributed by atoms with Crippen LogP contribution < -0.4 is 15.4 Å². The number of benzene rings is 1. The fourth-order valence-corrected chi connectivity index (χ4v) is 6.36. The third-order valence-corrected chi connectivity index (χ3v) is 8.64. The van der Waals surface area contributed by atoms with Crippen molar-refractivity contribution in [2.45, 2.75) is 57.2 Å². The first-order valence-electron chi connectivity index (χ1n) is 14.5. The summed E-state index contributed by atoms with van der Waals surface area (Å²) in [6.45, 7) is 12.9. The maximum Gasteiger partial charge on any atom is 0.417 e. The minimum Gasteiger partial charge on any atom is -0.462 e. The summed E-state index contributed by atoms with van der Waals surface area (Å²) < 4.78 is 83.5. The average molecular weight is 636 g/mol. The van der Waals surface area contributed by atoms with Crippen molar-refractivity contribution in [2.75, 3.05) is 57.0 Å². The molecule has 2 fully saturated rings. The van der Waals surface area contributed by atoms with Crippen LogP contribution in [0.3, 0.4) is 0 Å². The summed E-state index contributed by atoms with van der Waals surface area (Å²) >= 11 is 0. The quantitative estimate of drug-likeness (QED) is 0.209. The predicted octanol–water partition coefficient (Wildman–Crippen LogP) is 4.23. The molecular formula is C30H34F5N7O3. The Morgan fingerprint density at radius 1 is 1.27 bits per heavy atom. The molecule has 0 radical (unpaired) electrons. The first-order valence-corrected chi connectivity index (χ1v) is 14.5. The van der Waals surface area contributed by atoms with E-state index in [0.29, 0.717) is 17.1 Å². The van der Waals surface area contributed by atoms with Gasteiger partial charge in [-0.25, -0.2) is 15.4 Å². The monoisotopic (exact) mass is 635 g/mol. The Kier molecular flexibility index (Phi) is 9.18. The van der Waals surface area contributed by atoms with Gasteiger partial charge >= 0.3 is 12.2 Å². The highest BCUT2D eigenvalue weighted by molar-refractivity contribution is 5.91. The summed E-state index contributed by atoms with van der Waals surface area (Å²) in [4.78, 5) is 30.2. The Morgan fingerprint density at radius 2 is 2.02 bits per heavy atom. The Labute approximate surface area is 257 Å². The van der Waals surface area contributed by atoms with Crippen molar-refractivity contribution >= 4 is 17.4 Å². The van der Waals surface area contributed by atoms with Crippen LogP contribution in [-0.4, -0.2) is 84.1 Å². The van der Waals surface area contributed by atoms with Crippen LogP contribution in [0.15, 0.2) is 18.5 Å². The molecule has 15 heteroatoms. The van der Waals surface area contributed by atoms with Crippen LogP contribution in [-0.2, 0) is 28.7 Å². The van der Waals surface area contributed by atoms with Crippen LogP contribution in [0.25, 0.3) is 4.85 Å². The molecule has 10 nitrogen and oxygen atoms in total. The van der Waals surface area contributed by atoms with Gasteiger partial charge in [0.2, 0.25) is 6.54 Å². The van der Waals surface area contributed by atoms with Crippen molar-refractivity contribution in [1.82, 2.24) is 19.8 Å². The molecule has 5 rings (SSSR count). The Bertz CT molecular complexity index is 1530. The third kappa shape index (κ3) is 6.53. The molecule has 1 aromatic carbocycles. The number of aryl methyl sites for hydroxylation is 1. The van der Waals surface area contributed by atoms with E-state index in [2.05, 4.69) is 26.3 Å². The summed E-state index contributed by atoms with van der Waals surface area (Å²) in [5.74, 6) is -2.88. The molecule has 2 saturated heterocycles. The molecule has 2 aromatic rings. The number of anilines is 2. The number of hydrogen-bond acceptors (Lipinski definition) is 8. The SMILES string of the molecule is [C-]#[N+]CC1CN(c2nc(OCC3CCCN3C)nc3c2COC(c2c(F)c(N)cc(C)c2C(F)(F)F)C3)CCN1C(=O)C(=C)F. The van der Waals surface area contributed by atoms with Gasteiger partial charge in [-0.1, -0.05) is 6.58 Å². The van der Waals surface area contributed by atoms with Crippen molar-refractivity contribution < 1.29 is 36.2 Å². The number of likely N-dealkylation sites (tertiary alicyclic amines) is 1. The number of likely N-dealkylation sites (N-methyl/N-ethyl adjacent to an activating group) is 1. The predicted molar refractivity (Wildman–Crippen MR) is 154 cm³/mol. The maximum atomic E-state index is 15.3. The van der Waals surface area contributed by atoms with Gasteiger partial charge in [0.05, 0.1) is 29.7 Å². The van der Waals surface area contributed by atoms with E-state index in [9.17, 15) is 22.4 Å². The Balaban J connectivity index is 1.53. The maximum absolute atomic E-state index is 15.3. The van der Waals surface area contributed by atoms with E-state index >= 15 is 4.39 Å². The van der Waals surface area contributed by atoms with Crippen molar-refractivity contribution in [2.24, 2.45) is 0 Å². The number of fused-ring (bicyclic) bond motifs is 1. The van der Waals surface area contributed by atoms with Gasteiger partial charge in [0, 0.05) is 43.2 Å². The molecule has 3 aliphatic heterocycles. The van der Waals surface area contributed by atoms with Gasteiger partial charge in [-0.15, -0.1) is 0 Å². The van der Waals surface area contributed by atoms with E-state index in [1.54, 1.807) is 4.90 Å². The molecule has 242 valence electrons. The minimum atomic E-state index is -4.87. The Hall–Kier alpha value is -4.03. The van der Waals surface area contributed by atoms with Crippen LogP contribution in [0, 0.1) is 19.3 Å². The average Bonchev–Trinajstić information content (AvgIpc) is 3.40. The highest BCUT2D eigenvalue weighted by Gasteiger charge is 2.42. The smallest absolute Gasteiger partial charge is 0.417 e. The summed E-state index contributed by atoms with van der Waals surface area (Å²) in [6.07, 6.45) is -4.53. The summed E-state index contributed by atoms with van der Waals surface area (Å²) in [7, 11) is 1.98. The number of nitrogen functional groups attached to an aromatic ring is 1. The number of aromatic nitrogens is 2. The molecule has 0 aliphatic carbocycles. The van der Waals surface area contributed by atoms with Crippen molar-refractivity contribution in [3.05, 3.63) is 63.7 Å². The van der Waals surface area contributed by atoms with E-state index in [0.717, 1.165) is 25.5 Å². The number of nitrogens with two attached hydrogens (primary N) is 1. The highest BCUT2D eigenvalue weighted by atomic mass is 19.4. The summed E-state index contributed by atoms with van der Waals surface area (Å²) in [5, 5.41) is 0. The lowest BCUT2D eigenvalue weighted by molar-refractivity contribution is -0.140. The van der Waals surface area contributed by atoms with Gasteiger partial charge in [-0.3, -0.25) is 4.79 Å². The highest BCUT2D eigenvalue weighted by Crippen LogP contribution is 2.44. The molecule has 45 heavy (non-hydrogen) atoms. The number of halogens is 5. The van der Waals surface area contributed by atoms with E-state index in [-0.39, 0.29) is 63.4 Å². The second-order valence-corrected chi connectivity index (χ2v) is 11.6. The third-order valence-electron chi connectivity index (χ3n) is 8.64. The number of amides is 1. The van der Waals surface area contributed by atoms with Gasteiger partial charge in [0.25, 0.3) is 5.91 Å². The standard InChI is InChI=1S/C30H34F5N7O3/c1-16-10-21(36)26(32)24(25(16)30(33,34)35)23-11-22-20(15-44-23)27(39-29(38-22)45-14-18-6-5-7-40(18)4)41-8-9-42(28(43)17(2)31)19(13-41)12-37-3/h10,18-19,23H,2,5-9,11-15,36H2,1,4H3. The zero-order valence-electron chi connectivity index (χ0n) is 25.0. The molecule has 2 N–H and O–H groups in total. The zero-order chi connectivity index (χ0) is 32.6. The van der Waals surface area contributed by atoms with Gasteiger partial charge in [-0.2, -0.15) is 23.1 Å². The van der Waals surface area contributed by atoms with Crippen LogP contribution in [0.2, 0.25) is 0 Å². The molecule has 4 heterocycles. The number of rotatable bonds is 7. The van der Waals surface area contributed by atoms with E-state index in [1.165, 1.54) is 11.8 Å². The summed E-state index contributed by atoms with van der Waals surface area (Å²) in [5.41, 5.74) is 4.04. The molecule has 3 atom stereocenters. The van der Waals surface area contributed by atoms with E-state index in [4.69, 9.17) is 21.8 Å². The molecule has 0 bridgehead atoms. The van der Waals surface area contributed by atoms with E-state index in [1.807, 2.05) is 7.05 Å². The van der Waals surface area contributed by atoms with Gasteiger partial charge < -0.3 is 34.8 Å². The molecule has 0 saturated carbocycles. The molecule has 1 aromatic heterocycles. The number of hydrogen-bond donors (Lipinski definition) is 1. The lowest BCUT2D eigenvalue weighted by Crippen LogP contribution is -2.57. The van der Waals surface area contributed by atoms with Crippen molar-refractivity contribution in [3.63, 3.8) is 0 Å². The number of piperazine rings is 1.